The number of amides is 1. The van der Waals surface area contributed by atoms with Gasteiger partial charge in [0.15, 0.2) is 0 Å². The van der Waals surface area contributed by atoms with E-state index < -0.39 is 0 Å². The molecule has 1 aliphatic rings. The van der Waals surface area contributed by atoms with Crippen LogP contribution in [0.5, 0.6) is 5.75 Å². The maximum atomic E-state index is 14.0. The van der Waals surface area contributed by atoms with E-state index in [2.05, 4.69) is 24.3 Å². The van der Waals surface area contributed by atoms with Crippen molar-refractivity contribution >= 4 is 17.7 Å². The number of thioether (sulfide) groups is 1. The molecule has 0 bridgehead atoms. The predicted octanol–water partition coefficient (Wildman–Crippen LogP) is 6.67. The van der Waals surface area contributed by atoms with E-state index in [9.17, 15) is 4.79 Å². The molecular formula is C30H27NO2S. The standard InChI is InChI=1S/C30H27NO2S/c32-29(28(24-13-6-2-7-14-24)25-15-8-3-9-16-25)31-19-20-34-30(31)26-17-10-18-27(21-26)33-22-23-11-4-1-5-12-23/h1-18,21,28,30H,19-20,22H2. The molecule has 0 spiro atoms. The molecule has 1 unspecified atom stereocenters. The lowest BCUT2D eigenvalue weighted by Crippen LogP contribution is -2.35. The van der Waals surface area contributed by atoms with E-state index in [0.717, 1.165) is 40.3 Å². The van der Waals surface area contributed by atoms with Crippen LogP contribution < -0.4 is 4.74 Å². The SMILES string of the molecule is O=C(C(c1ccccc1)c1ccccc1)N1CCSC1c1cccc(OCc2ccccc2)c1. The summed E-state index contributed by atoms with van der Waals surface area (Å²) in [7, 11) is 0. The number of carbonyl (C=O) groups excluding carboxylic acids is 1. The molecule has 0 saturated carbocycles. The quantitative estimate of drug-likeness (QED) is 0.305. The summed E-state index contributed by atoms with van der Waals surface area (Å²) in [5.74, 6) is 1.56. The van der Waals surface area contributed by atoms with Crippen LogP contribution in [0.2, 0.25) is 0 Å². The van der Waals surface area contributed by atoms with Crippen LogP contribution in [0.15, 0.2) is 115 Å². The zero-order valence-electron chi connectivity index (χ0n) is 18.9. The van der Waals surface area contributed by atoms with Crippen molar-refractivity contribution in [2.24, 2.45) is 0 Å². The van der Waals surface area contributed by atoms with Crippen LogP contribution >= 0.6 is 11.8 Å². The Hall–Kier alpha value is -3.50. The van der Waals surface area contributed by atoms with E-state index in [4.69, 9.17) is 4.74 Å². The van der Waals surface area contributed by atoms with Gasteiger partial charge in [-0.05, 0) is 34.4 Å². The van der Waals surface area contributed by atoms with Crippen molar-refractivity contribution in [1.29, 1.82) is 0 Å². The fraction of sp³-hybridized carbons (Fsp3) is 0.167. The number of ether oxygens (including phenoxy) is 1. The molecular weight excluding hydrogens is 438 g/mol. The van der Waals surface area contributed by atoms with E-state index in [1.807, 2.05) is 108 Å². The van der Waals surface area contributed by atoms with Gasteiger partial charge in [-0.3, -0.25) is 4.79 Å². The molecule has 0 radical (unpaired) electrons. The summed E-state index contributed by atoms with van der Waals surface area (Å²) in [5, 5.41) is -0.0253. The van der Waals surface area contributed by atoms with E-state index in [1.54, 1.807) is 0 Å². The Labute approximate surface area is 205 Å². The summed E-state index contributed by atoms with van der Waals surface area (Å²) < 4.78 is 6.06. The fourth-order valence-electron chi connectivity index (χ4n) is 4.41. The van der Waals surface area contributed by atoms with Gasteiger partial charge in [-0.15, -0.1) is 11.8 Å². The lowest BCUT2D eigenvalue weighted by molar-refractivity contribution is -0.132. The van der Waals surface area contributed by atoms with Crippen LogP contribution in [0.1, 0.15) is 33.5 Å². The zero-order valence-corrected chi connectivity index (χ0v) is 19.7. The molecule has 0 aliphatic carbocycles. The summed E-state index contributed by atoms with van der Waals surface area (Å²) in [5.41, 5.74) is 4.28. The lowest BCUT2D eigenvalue weighted by atomic mass is 9.90. The minimum absolute atomic E-state index is 0.0253. The Bertz CT molecular complexity index is 1170. The Morgan fingerprint density at radius 3 is 2.09 bits per heavy atom. The van der Waals surface area contributed by atoms with E-state index in [0.29, 0.717) is 6.61 Å². The van der Waals surface area contributed by atoms with E-state index >= 15 is 0 Å². The molecule has 1 saturated heterocycles. The summed E-state index contributed by atoms with van der Waals surface area (Å²) in [6.07, 6.45) is 0. The number of nitrogens with zero attached hydrogens (tertiary/aromatic N) is 1. The maximum Gasteiger partial charge on any atom is 0.235 e. The molecule has 4 aromatic rings. The lowest BCUT2D eigenvalue weighted by Gasteiger charge is -2.29. The normalized spacial score (nSPS) is 15.4. The van der Waals surface area contributed by atoms with Crippen molar-refractivity contribution in [1.82, 2.24) is 4.90 Å². The molecule has 4 aromatic carbocycles. The molecule has 4 heteroatoms. The molecule has 0 aromatic heterocycles. The molecule has 1 fully saturated rings. The summed E-state index contributed by atoms with van der Waals surface area (Å²) >= 11 is 1.81. The molecule has 34 heavy (non-hydrogen) atoms. The molecule has 1 heterocycles. The largest absolute Gasteiger partial charge is 0.489 e. The third-order valence-electron chi connectivity index (χ3n) is 6.08. The second kappa shape index (κ2) is 10.6. The second-order valence-electron chi connectivity index (χ2n) is 8.36. The third kappa shape index (κ3) is 5.02. The number of benzene rings is 4. The first-order chi connectivity index (χ1) is 16.8. The molecule has 0 N–H and O–H groups in total. The van der Waals surface area contributed by atoms with Crippen molar-refractivity contribution in [2.75, 3.05) is 12.3 Å². The van der Waals surface area contributed by atoms with Gasteiger partial charge in [0.25, 0.3) is 0 Å². The van der Waals surface area contributed by atoms with Crippen molar-refractivity contribution in [3.8, 4) is 5.75 Å². The smallest absolute Gasteiger partial charge is 0.235 e. The van der Waals surface area contributed by atoms with Crippen LogP contribution in [-0.4, -0.2) is 23.1 Å². The molecule has 5 rings (SSSR count). The predicted molar refractivity (Wildman–Crippen MR) is 139 cm³/mol. The van der Waals surface area contributed by atoms with Gasteiger partial charge in [0.1, 0.15) is 17.7 Å². The summed E-state index contributed by atoms with van der Waals surface area (Å²) in [4.78, 5) is 16.0. The molecule has 3 nitrogen and oxygen atoms in total. The Balaban J connectivity index is 1.39. The van der Waals surface area contributed by atoms with Crippen molar-refractivity contribution < 1.29 is 9.53 Å². The van der Waals surface area contributed by atoms with Gasteiger partial charge in [-0.25, -0.2) is 0 Å². The van der Waals surface area contributed by atoms with Gasteiger partial charge in [-0.1, -0.05) is 103 Å². The minimum atomic E-state index is -0.318. The van der Waals surface area contributed by atoms with Crippen LogP contribution in [0.3, 0.4) is 0 Å². The van der Waals surface area contributed by atoms with Gasteiger partial charge >= 0.3 is 0 Å². The number of carbonyl (C=O) groups is 1. The fourth-order valence-corrected chi connectivity index (χ4v) is 5.66. The first-order valence-electron chi connectivity index (χ1n) is 11.6. The van der Waals surface area contributed by atoms with Gasteiger partial charge in [-0.2, -0.15) is 0 Å². The highest BCUT2D eigenvalue weighted by atomic mass is 32.2. The van der Waals surface area contributed by atoms with E-state index in [-0.39, 0.29) is 17.2 Å². The van der Waals surface area contributed by atoms with Gasteiger partial charge in [0.05, 0.1) is 5.92 Å². The van der Waals surface area contributed by atoms with Gasteiger partial charge in [0, 0.05) is 12.3 Å². The molecule has 1 amide bonds. The average molecular weight is 466 g/mol. The zero-order chi connectivity index (χ0) is 23.2. The van der Waals surface area contributed by atoms with Crippen LogP contribution in [0, 0.1) is 0 Å². The monoisotopic (exact) mass is 465 g/mol. The number of rotatable bonds is 7. The van der Waals surface area contributed by atoms with E-state index in [1.165, 1.54) is 0 Å². The Kier molecular flexibility index (Phi) is 6.97. The van der Waals surface area contributed by atoms with Crippen LogP contribution in [0.25, 0.3) is 0 Å². The first kappa shape index (κ1) is 22.3. The maximum absolute atomic E-state index is 14.0. The van der Waals surface area contributed by atoms with Gasteiger partial charge in [0.2, 0.25) is 5.91 Å². The van der Waals surface area contributed by atoms with Gasteiger partial charge < -0.3 is 9.64 Å². The first-order valence-corrected chi connectivity index (χ1v) is 12.6. The second-order valence-corrected chi connectivity index (χ2v) is 9.54. The number of hydrogen-bond acceptors (Lipinski definition) is 3. The van der Waals surface area contributed by atoms with Crippen LogP contribution in [-0.2, 0) is 11.4 Å². The number of hydrogen-bond donors (Lipinski definition) is 0. The highest BCUT2D eigenvalue weighted by molar-refractivity contribution is 7.99. The van der Waals surface area contributed by atoms with Crippen LogP contribution in [0.4, 0.5) is 0 Å². The Morgan fingerprint density at radius 1 is 0.824 bits per heavy atom. The van der Waals surface area contributed by atoms with Crippen molar-refractivity contribution in [3.05, 3.63) is 138 Å². The minimum Gasteiger partial charge on any atom is -0.489 e. The average Bonchev–Trinajstić information content (AvgIpc) is 3.40. The summed E-state index contributed by atoms with van der Waals surface area (Å²) in [6, 6.07) is 38.5. The van der Waals surface area contributed by atoms with Crippen molar-refractivity contribution in [2.45, 2.75) is 17.9 Å². The summed E-state index contributed by atoms with van der Waals surface area (Å²) in [6.45, 7) is 1.26. The molecule has 1 aliphatic heterocycles. The Morgan fingerprint density at radius 2 is 1.44 bits per heavy atom. The highest BCUT2D eigenvalue weighted by Gasteiger charge is 2.36. The van der Waals surface area contributed by atoms with Crippen molar-refractivity contribution in [3.63, 3.8) is 0 Å². The third-order valence-corrected chi connectivity index (χ3v) is 7.34. The molecule has 170 valence electrons. The topological polar surface area (TPSA) is 29.5 Å². The molecule has 1 atom stereocenters. The highest BCUT2D eigenvalue weighted by Crippen LogP contribution is 2.41.